The number of aromatic carboxylic acids is 1. The molecule has 82 valence electrons. The number of carbonyl (C=O) groups is 1. The van der Waals surface area contributed by atoms with E-state index in [2.05, 4.69) is 4.98 Å². The van der Waals surface area contributed by atoms with Crippen molar-refractivity contribution in [1.29, 1.82) is 0 Å². The van der Waals surface area contributed by atoms with Gasteiger partial charge in [-0.2, -0.15) is 0 Å². The number of alkyl halides is 3. The summed E-state index contributed by atoms with van der Waals surface area (Å²) in [5.41, 5.74) is -0.252. The van der Waals surface area contributed by atoms with Crippen LogP contribution in [-0.2, 0) is 5.88 Å². The third kappa shape index (κ3) is 2.41. The van der Waals surface area contributed by atoms with E-state index in [4.69, 9.17) is 16.7 Å². The summed E-state index contributed by atoms with van der Waals surface area (Å²) in [6, 6.07) is 1.12. The van der Waals surface area contributed by atoms with Crippen LogP contribution in [0.5, 0.6) is 0 Å². The summed E-state index contributed by atoms with van der Waals surface area (Å²) in [6.07, 6.45) is -2.80. The molecule has 0 unspecified atom stereocenters. The molecule has 0 aromatic carbocycles. The summed E-state index contributed by atoms with van der Waals surface area (Å²) in [6.45, 7) is 1.49. The van der Waals surface area contributed by atoms with Crippen molar-refractivity contribution in [3.63, 3.8) is 0 Å². The van der Waals surface area contributed by atoms with Gasteiger partial charge in [0.05, 0.1) is 0 Å². The fraction of sp³-hybridized carbons (Fsp3) is 0.333. The van der Waals surface area contributed by atoms with Crippen molar-refractivity contribution in [2.24, 2.45) is 0 Å². The van der Waals surface area contributed by atoms with E-state index in [0.717, 1.165) is 6.07 Å². The molecule has 3 nitrogen and oxygen atoms in total. The highest BCUT2D eigenvalue weighted by Gasteiger charge is 2.18. The molecular formula is C9H8ClF2NO2. The molecule has 1 heterocycles. The lowest BCUT2D eigenvalue weighted by Gasteiger charge is -2.08. The van der Waals surface area contributed by atoms with Crippen LogP contribution >= 0.6 is 11.6 Å². The molecule has 1 aromatic heterocycles. The smallest absolute Gasteiger partial charge is 0.354 e. The fourth-order valence-corrected chi connectivity index (χ4v) is 1.42. The fourth-order valence-electron chi connectivity index (χ4n) is 1.14. The molecule has 0 fully saturated rings. The Hall–Kier alpha value is -1.23. The van der Waals surface area contributed by atoms with Crippen molar-refractivity contribution in [2.45, 2.75) is 19.2 Å². The van der Waals surface area contributed by atoms with Gasteiger partial charge in [0.25, 0.3) is 6.43 Å². The highest BCUT2D eigenvalue weighted by atomic mass is 35.5. The molecule has 0 amide bonds. The first-order valence-corrected chi connectivity index (χ1v) is 4.58. The maximum Gasteiger partial charge on any atom is 0.354 e. The minimum Gasteiger partial charge on any atom is -0.477 e. The monoisotopic (exact) mass is 235 g/mol. The first-order valence-electron chi connectivity index (χ1n) is 4.05. The minimum atomic E-state index is -2.80. The molecule has 1 aromatic rings. The van der Waals surface area contributed by atoms with Gasteiger partial charge in [-0.05, 0) is 24.1 Å². The van der Waals surface area contributed by atoms with Gasteiger partial charge in [-0.15, -0.1) is 11.6 Å². The van der Waals surface area contributed by atoms with Gasteiger partial charge in [0, 0.05) is 5.88 Å². The molecule has 0 bridgehead atoms. The van der Waals surface area contributed by atoms with E-state index in [0.29, 0.717) is 11.1 Å². The summed E-state index contributed by atoms with van der Waals surface area (Å²) < 4.78 is 24.7. The molecule has 1 N–H and O–H groups in total. The zero-order chi connectivity index (χ0) is 11.6. The van der Waals surface area contributed by atoms with Gasteiger partial charge in [-0.1, -0.05) is 0 Å². The summed E-state index contributed by atoms with van der Waals surface area (Å²) in [7, 11) is 0. The number of hydrogen-bond acceptors (Lipinski definition) is 2. The van der Waals surface area contributed by atoms with E-state index in [9.17, 15) is 13.6 Å². The van der Waals surface area contributed by atoms with Crippen LogP contribution in [0.25, 0.3) is 0 Å². The van der Waals surface area contributed by atoms with Crippen molar-refractivity contribution in [2.75, 3.05) is 0 Å². The van der Waals surface area contributed by atoms with Crippen molar-refractivity contribution in [3.05, 3.63) is 28.6 Å². The van der Waals surface area contributed by atoms with E-state index in [1.807, 2.05) is 0 Å². The summed E-state index contributed by atoms with van der Waals surface area (Å²) in [5, 5.41) is 8.74. The lowest BCUT2D eigenvalue weighted by atomic mass is 10.1. The van der Waals surface area contributed by atoms with Crippen molar-refractivity contribution in [3.8, 4) is 0 Å². The molecule has 0 aliphatic rings. The van der Waals surface area contributed by atoms with Crippen LogP contribution in [0.3, 0.4) is 0 Å². The SMILES string of the molecule is Cc1c(CCl)cc(C(F)F)nc1C(=O)O. The number of hydrogen-bond donors (Lipinski definition) is 1. The van der Waals surface area contributed by atoms with Gasteiger partial charge in [-0.3, -0.25) is 0 Å². The standard InChI is InChI=1S/C9H8ClF2NO2/c1-4-5(3-10)2-6(8(11)12)13-7(4)9(14)15/h2,8H,3H2,1H3,(H,14,15). The largest absolute Gasteiger partial charge is 0.477 e. The van der Waals surface area contributed by atoms with E-state index in [-0.39, 0.29) is 11.6 Å². The molecule has 0 saturated carbocycles. The lowest BCUT2D eigenvalue weighted by Crippen LogP contribution is -2.08. The highest BCUT2D eigenvalue weighted by molar-refractivity contribution is 6.17. The normalized spacial score (nSPS) is 10.7. The Kier molecular flexibility index (Phi) is 3.57. The molecule has 0 aliphatic carbocycles. The molecule has 15 heavy (non-hydrogen) atoms. The molecular weight excluding hydrogens is 228 g/mol. The van der Waals surface area contributed by atoms with Gasteiger partial charge >= 0.3 is 5.97 Å². The first-order chi connectivity index (χ1) is 6.97. The van der Waals surface area contributed by atoms with Crippen LogP contribution in [0, 0.1) is 6.92 Å². The zero-order valence-electron chi connectivity index (χ0n) is 7.80. The third-order valence-electron chi connectivity index (χ3n) is 1.97. The van der Waals surface area contributed by atoms with Crippen LogP contribution in [0.1, 0.15) is 33.7 Å². The Morgan fingerprint density at radius 1 is 1.67 bits per heavy atom. The number of aromatic nitrogens is 1. The predicted octanol–water partition coefficient (Wildman–Crippen LogP) is 2.76. The van der Waals surface area contributed by atoms with Crippen LogP contribution in [-0.4, -0.2) is 16.1 Å². The third-order valence-corrected chi connectivity index (χ3v) is 2.26. The average Bonchev–Trinajstić information content (AvgIpc) is 2.17. The van der Waals surface area contributed by atoms with Crippen LogP contribution < -0.4 is 0 Å². The second-order valence-corrected chi connectivity index (χ2v) is 3.19. The van der Waals surface area contributed by atoms with Gasteiger partial charge in [-0.25, -0.2) is 18.6 Å². The summed E-state index contributed by atoms with van der Waals surface area (Å²) in [4.78, 5) is 14.1. The number of rotatable bonds is 3. The number of nitrogens with zero attached hydrogens (tertiary/aromatic N) is 1. The predicted molar refractivity (Wildman–Crippen MR) is 50.4 cm³/mol. The van der Waals surface area contributed by atoms with Crippen LogP contribution in [0.15, 0.2) is 6.07 Å². The first kappa shape index (κ1) is 11.8. The van der Waals surface area contributed by atoms with Crippen molar-refractivity contribution in [1.82, 2.24) is 4.98 Å². The lowest BCUT2D eigenvalue weighted by molar-refractivity contribution is 0.0687. The van der Waals surface area contributed by atoms with E-state index in [1.165, 1.54) is 6.92 Å². The van der Waals surface area contributed by atoms with E-state index < -0.39 is 18.1 Å². The van der Waals surface area contributed by atoms with Gasteiger partial charge < -0.3 is 5.11 Å². The van der Waals surface area contributed by atoms with Gasteiger partial charge in [0.1, 0.15) is 5.69 Å². The number of halogens is 3. The number of carboxylic acids is 1. The topological polar surface area (TPSA) is 50.2 Å². The van der Waals surface area contributed by atoms with Crippen molar-refractivity contribution >= 4 is 17.6 Å². The molecule has 0 spiro atoms. The summed E-state index contributed by atoms with van der Waals surface area (Å²) in [5.74, 6) is -1.35. The maximum atomic E-state index is 12.4. The van der Waals surface area contributed by atoms with E-state index >= 15 is 0 Å². The molecule has 0 atom stereocenters. The summed E-state index contributed by atoms with van der Waals surface area (Å²) >= 11 is 5.52. The van der Waals surface area contributed by atoms with Crippen LogP contribution in [0.2, 0.25) is 0 Å². The Balaban J connectivity index is 3.38. The zero-order valence-corrected chi connectivity index (χ0v) is 8.55. The number of carboxylic acid groups (broad SMARTS) is 1. The van der Waals surface area contributed by atoms with Gasteiger partial charge in [0.2, 0.25) is 0 Å². The van der Waals surface area contributed by atoms with Crippen LogP contribution in [0.4, 0.5) is 8.78 Å². The molecule has 0 saturated heterocycles. The number of pyridine rings is 1. The maximum absolute atomic E-state index is 12.4. The average molecular weight is 236 g/mol. The molecule has 0 aliphatic heterocycles. The Bertz CT molecular complexity index is 396. The Morgan fingerprint density at radius 2 is 2.27 bits per heavy atom. The van der Waals surface area contributed by atoms with E-state index in [1.54, 1.807) is 0 Å². The molecule has 0 radical (unpaired) electrons. The Morgan fingerprint density at radius 3 is 2.67 bits per heavy atom. The molecule has 6 heteroatoms. The second-order valence-electron chi connectivity index (χ2n) is 2.92. The Labute approximate surface area is 89.7 Å². The van der Waals surface area contributed by atoms with Crippen molar-refractivity contribution < 1.29 is 18.7 Å². The van der Waals surface area contributed by atoms with Gasteiger partial charge in [0.15, 0.2) is 5.69 Å². The second kappa shape index (κ2) is 4.53. The minimum absolute atomic E-state index is 0.0195. The molecule has 1 rings (SSSR count). The highest BCUT2D eigenvalue weighted by Crippen LogP contribution is 2.22. The quantitative estimate of drug-likeness (QED) is 0.820.